The first-order valence-electron chi connectivity index (χ1n) is 21.3. The second-order valence-corrected chi connectivity index (χ2v) is 22.2. The van der Waals surface area contributed by atoms with Crippen molar-refractivity contribution in [3.05, 3.63) is 47.5 Å². The number of carboxylic acid groups (broad SMARTS) is 1. The molecule has 0 radical (unpaired) electrons. The monoisotopic (exact) mass is 766 g/mol. The highest BCUT2D eigenvalue weighted by Crippen LogP contribution is 2.72. The lowest BCUT2D eigenvalue weighted by atomic mass is 9.38. The summed E-state index contributed by atoms with van der Waals surface area (Å²) in [6, 6.07) is 6.46. The average Bonchev–Trinajstić information content (AvgIpc) is 3.48. The van der Waals surface area contributed by atoms with Crippen LogP contribution in [0.5, 0.6) is 0 Å². The van der Waals surface area contributed by atoms with Gasteiger partial charge in [0, 0.05) is 37.3 Å². The lowest BCUT2D eigenvalue weighted by molar-refractivity contribution is -0.194. The zero-order valence-corrected chi connectivity index (χ0v) is 35.5. The van der Waals surface area contributed by atoms with Gasteiger partial charge in [0.05, 0.1) is 17.1 Å². The topological polar surface area (TPSA) is 107 Å². The van der Waals surface area contributed by atoms with Gasteiger partial charge < -0.3 is 20.2 Å². The summed E-state index contributed by atoms with van der Waals surface area (Å²) in [6.45, 7) is 26.8. The molecule has 6 rings (SSSR count). The van der Waals surface area contributed by atoms with Crippen LogP contribution in [-0.4, -0.2) is 91.5 Å². The van der Waals surface area contributed by atoms with Crippen molar-refractivity contribution in [2.24, 2.45) is 45.3 Å². The molecule has 302 valence electrons. The molecule has 5 fully saturated rings. The van der Waals surface area contributed by atoms with E-state index in [0.29, 0.717) is 59.2 Å². The van der Waals surface area contributed by atoms with Crippen LogP contribution in [0.15, 0.2) is 36.4 Å². The molecular formula is C45H71N3O5S. The van der Waals surface area contributed by atoms with E-state index in [4.69, 9.17) is 0 Å². The largest absolute Gasteiger partial charge is 0.478 e. The van der Waals surface area contributed by atoms with Gasteiger partial charge in [-0.05, 0) is 168 Å². The van der Waals surface area contributed by atoms with E-state index in [0.717, 1.165) is 51.9 Å². The van der Waals surface area contributed by atoms with Crippen LogP contribution in [0.1, 0.15) is 140 Å². The third-order valence-corrected chi connectivity index (χ3v) is 18.4. The predicted molar refractivity (Wildman–Crippen MR) is 218 cm³/mol. The Bertz CT molecular complexity index is 1660. The second kappa shape index (κ2) is 15.3. The summed E-state index contributed by atoms with van der Waals surface area (Å²) in [4.78, 5) is 30.0. The van der Waals surface area contributed by atoms with Crippen LogP contribution in [0.4, 0.5) is 0 Å². The Morgan fingerprint density at radius 3 is 2.22 bits per heavy atom. The van der Waals surface area contributed by atoms with Gasteiger partial charge >= 0.3 is 5.97 Å². The van der Waals surface area contributed by atoms with Crippen molar-refractivity contribution in [3.63, 3.8) is 0 Å². The van der Waals surface area contributed by atoms with Gasteiger partial charge in [-0.15, -0.1) is 0 Å². The number of carbonyl (C=O) groups is 2. The Morgan fingerprint density at radius 1 is 0.926 bits per heavy atom. The molecule has 0 spiro atoms. The lowest BCUT2D eigenvalue weighted by Gasteiger charge is -2.69. The number of piperidine rings is 1. The molecule has 1 amide bonds. The summed E-state index contributed by atoms with van der Waals surface area (Å²) in [6.07, 6.45) is 13.0. The van der Waals surface area contributed by atoms with Crippen molar-refractivity contribution < 1.29 is 23.1 Å². The number of nitrogens with one attached hydrogen (secondary N) is 1. The first kappa shape index (κ1) is 41.4. The van der Waals surface area contributed by atoms with Gasteiger partial charge in [-0.2, -0.15) is 0 Å². The van der Waals surface area contributed by atoms with E-state index < -0.39 is 15.8 Å². The van der Waals surface area contributed by atoms with Crippen LogP contribution in [-0.2, 0) is 9.84 Å². The van der Waals surface area contributed by atoms with Crippen LogP contribution in [0.25, 0.3) is 0 Å². The Hall–Kier alpha value is -2.23. The molecular weight excluding hydrogens is 695 g/mol. The molecule has 3 aliphatic carbocycles. The van der Waals surface area contributed by atoms with Gasteiger partial charge in [-0.3, -0.25) is 4.79 Å². The minimum Gasteiger partial charge on any atom is -0.478 e. The number of aromatic carboxylic acids is 1. The number of nitrogens with zero attached hydrogens (tertiary/aromatic N) is 2. The average molecular weight is 766 g/mol. The minimum absolute atomic E-state index is 0.0116. The molecule has 2 saturated heterocycles. The molecule has 2 N–H and O–H groups in total. The third-order valence-electron chi connectivity index (χ3n) is 16.8. The van der Waals surface area contributed by atoms with E-state index >= 15 is 0 Å². The Labute approximate surface area is 327 Å². The summed E-state index contributed by atoms with van der Waals surface area (Å²) in [7, 11) is -2.84. The van der Waals surface area contributed by atoms with Crippen molar-refractivity contribution >= 4 is 21.7 Å². The van der Waals surface area contributed by atoms with E-state index in [1.165, 1.54) is 50.5 Å². The maximum atomic E-state index is 14.1. The highest BCUT2D eigenvalue weighted by atomic mass is 32.2. The van der Waals surface area contributed by atoms with Gasteiger partial charge in [0.25, 0.3) is 5.91 Å². The molecule has 5 aliphatic rings. The number of rotatable bonds is 12. The number of likely N-dealkylation sites (tertiary alicyclic amines) is 1. The number of sulfone groups is 1. The van der Waals surface area contributed by atoms with Crippen LogP contribution >= 0.6 is 0 Å². The fourth-order valence-corrected chi connectivity index (χ4v) is 14.7. The molecule has 1 aromatic rings. The smallest absolute Gasteiger partial charge is 0.335 e. The number of carbonyl (C=O) groups excluding carboxylic acids is 1. The summed E-state index contributed by atoms with van der Waals surface area (Å²) >= 11 is 0. The molecule has 54 heavy (non-hydrogen) atoms. The number of carboxylic acids is 1. The molecule has 1 aromatic carbocycles. The first-order chi connectivity index (χ1) is 25.3. The maximum Gasteiger partial charge on any atom is 0.335 e. The standard InChI is InChI=1S/C45H71N3O5S/c1-9-11-38-43(7)22-25-48(39(49)33-12-14-34(15-13-33)40(50)51)41(4,5)37(43)17-18-44(38,8)42(6)20-21-45(19-16-35(32(2)3)36(45)30-42)31-46-23-10-24-47-26-28-54(52,53)29-27-47/h12-15,35-38,46H,2,9-11,16-31H2,1,3-8H3,(H,50,51)/t35-,36-,37-,38+,42+,43-,44+,45+/m0/s1. The van der Waals surface area contributed by atoms with Crippen molar-refractivity contribution in [1.29, 1.82) is 0 Å². The number of allylic oxidation sites excluding steroid dienone is 1. The Morgan fingerprint density at radius 2 is 1.59 bits per heavy atom. The van der Waals surface area contributed by atoms with Gasteiger partial charge in [0.2, 0.25) is 0 Å². The van der Waals surface area contributed by atoms with Gasteiger partial charge in [0.15, 0.2) is 9.84 Å². The zero-order valence-electron chi connectivity index (χ0n) is 34.6. The molecule has 8 atom stereocenters. The Balaban J connectivity index is 1.18. The second-order valence-electron chi connectivity index (χ2n) is 19.8. The summed E-state index contributed by atoms with van der Waals surface area (Å²) < 4.78 is 23.8. The van der Waals surface area contributed by atoms with Crippen LogP contribution in [0, 0.1) is 45.3 Å². The van der Waals surface area contributed by atoms with E-state index in [2.05, 4.69) is 70.2 Å². The summed E-state index contributed by atoms with van der Waals surface area (Å²) in [5, 5.41) is 13.3. The molecule has 2 heterocycles. The fourth-order valence-electron chi connectivity index (χ4n) is 13.4. The van der Waals surface area contributed by atoms with Gasteiger partial charge in [-0.25, -0.2) is 13.2 Å². The Kier molecular flexibility index (Phi) is 11.7. The highest BCUT2D eigenvalue weighted by molar-refractivity contribution is 7.91. The van der Waals surface area contributed by atoms with Crippen LogP contribution < -0.4 is 5.32 Å². The highest BCUT2D eigenvalue weighted by Gasteiger charge is 2.66. The van der Waals surface area contributed by atoms with Gasteiger partial charge in [0.1, 0.15) is 0 Å². The predicted octanol–water partition coefficient (Wildman–Crippen LogP) is 8.34. The van der Waals surface area contributed by atoms with Crippen molar-refractivity contribution in [1.82, 2.24) is 15.1 Å². The number of amides is 1. The number of fused-ring (bicyclic) bond motifs is 2. The van der Waals surface area contributed by atoms with Crippen LogP contribution in [0.3, 0.4) is 0 Å². The molecule has 0 aromatic heterocycles. The molecule has 8 nitrogen and oxygen atoms in total. The van der Waals surface area contributed by atoms with Crippen LogP contribution in [0.2, 0.25) is 0 Å². The number of hydrogen-bond donors (Lipinski definition) is 2. The van der Waals surface area contributed by atoms with Crippen molar-refractivity contribution in [2.75, 3.05) is 50.8 Å². The lowest BCUT2D eigenvalue weighted by Crippen LogP contribution is -2.68. The molecule has 3 saturated carbocycles. The van der Waals surface area contributed by atoms with E-state index in [1.807, 2.05) is 0 Å². The zero-order chi connectivity index (χ0) is 39.3. The molecule has 9 heteroatoms. The summed E-state index contributed by atoms with van der Waals surface area (Å²) in [5.74, 6) is 1.77. The molecule has 0 bridgehead atoms. The SMILES string of the molecule is C=C(C)[C@@H]1CC[C@]2(CNCCCN3CCS(=O)(=O)CC3)CC[C@@](C)([C@]3(C)CC[C@H]4C(C)(C)N(C(=O)c5ccc(C(=O)O)cc5)CC[C@]4(C)[C@H]3CCC)C[C@@H]12. The quantitative estimate of drug-likeness (QED) is 0.163. The van der Waals surface area contributed by atoms with Crippen molar-refractivity contribution in [2.45, 2.75) is 125 Å². The third kappa shape index (κ3) is 7.37. The molecule has 2 aliphatic heterocycles. The first-order valence-corrected chi connectivity index (χ1v) is 23.1. The van der Waals surface area contributed by atoms with E-state index in [9.17, 15) is 23.1 Å². The van der Waals surface area contributed by atoms with E-state index in [-0.39, 0.29) is 33.3 Å². The van der Waals surface area contributed by atoms with Gasteiger partial charge in [-0.1, -0.05) is 46.3 Å². The normalized spacial score (nSPS) is 37.6. The maximum absolute atomic E-state index is 14.1. The number of hydrogen-bond acceptors (Lipinski definition) is 6. The minimum atomic E-state index is -2.84. The molecule has 0 unspecified atom stereocenters. The van der Waals surface area contributed by atoms with E-state index in [1.54, 1.807) is 24.3 Å². The fraction of sp³-hybridized carbons (Fsp3) is 0.778. The van der Waals surface area contributed by atoms with Crippen molar-refractivity contribution in [3.8, 4) is 0 Å². The summed E-state index contributed by atoms with van der Waals surface area (Å²) in [5.41, 5.74) is 2.62. The number of benzene rings is 1.